The first-order chi connectivity index (χ1) is 11.0. The van der Waals surface area contributed by atoms with Crippen molar-refractivity contribution in [2.24, 2.45) is 0 Å². The second-order valence-corrected chi connectivity index (χ2v) is 6.74. The molecule has 1 N–H and O–H groups in total. The smallest absolute Gasteiger partial charge is 0.317 e. The Hall–Kier alpha value is -1.83. The van der Waals surface area contributed by atoms with Crippen LogP contribution in [0.4, 0.5) is 13.6 Å². The highest BCUT2D eigenvalue weighted by atomic mass is 32.2. The number of rotatable bonds is 3. The van der Waals surface area contributed by atoms with Crippen LogP contribution >= 0.6 is 11.8 Å². The molecule has 2 aliphatic rings. The van der Waals surface area contributed by atoms with E-state index in [9.17, 15) is 18.4 Å². The van der Waals surface area contributed by atoms with Gasteiger partial charge in [-0.3, -0.25) is 4.79 Å². The number of likely N-dealkylation sites (N-methyl/N-ethyl adjacent to an activating group) is 1. The number of thioether (sulfide) groups is 1. The predicted molar refractivity (Wildman–Crippen MR) is 82.7 cm³/mol. The van der Waals surface area contributed by atoms with E-state index in [1.165, 1.54) is 12.1 Å². The van der Waals surface area contributed by atoms with E-state index in [2.05, 4.69) is 5.32 Å². The Morgan fingerprint density at radius 2 is 2.04 bits per heavy atom. The molecule has 0 unspecified atom stereocenters. The van der Waals surface area contributed by atoms with E-state index in [0.29, 0.717) is 35.3 Å². The van der Waals surface area contributed by atoms with Gasteiger partial charge in [0.15, 0.2) is 0 Å². The number of amides is 3. The van der Waals surface area contributed by atoms with E-state index < -0.39 is 5.76 Å². The molecule has 5 nitrogen and oxygen atoms in total. The van der Waals surface area contributed by atoms with Gasteiger partial charge in [0, 0.05) is 30.6 Å². The molecule has 1 aromatic carbocycles. The summed E-state index contributed by atoms with van der Waals surface area (Å²) in [5.74, 6) is -2.61. The summed E-state index contributed by atoms with van der Waals surface area (Å²) in [6.07, 6.45) is 0.727. The summed E-state index contributed by atoms with van der Waals surface area (Å²) in [4.78, 5) is 28.0. The standard InChI is InChI=1S/C15H17F2N3O2S/c1-19-12-6-7-20(8-11(12)18-15(19)22)13(21)9-2-4-10(5-3-9)23-14(16)17/h2-5,11-12,14H,6-8H2,1H3,(H,18,22)/t11-,12+/m1/s1. The molecule has 8 heteroatoms. The minimum atomic E-state index is -2.47. The van der Waals surface area contributed by atoms with Gasteiger partial charge < -0.3 is 15.1 Å². The van der Waals surface area contributed by atoms with Crippen molar-refractivity contribution >= 4 is 23.7 Å². The monoisotopic (exact) mass is 341 g/mol. The first-order valence-electron chi connectivity index (χ1n) is 7.33. The summed E-state index contributed by atoms with van der Waals surface area (Å²) in [7, 11) is 1.76. The molecule has 2 saturated heterocycles. The van der Waals surface area contributed by atoms with Crippen LogP contribution in [0.2, 0.25) is 0 Å². The molecule has 0 aromatic heterocycles. The molecule has 2 aliphatic heterocycles. The fourth-order valence-electron chi connectivity index (χ4n) is 3.10. The first kappa shape index (κ1) is 16.0. The van der Waals surface area contributed by atoms with E-state index in [1.807, 2.05) is 0 Å². The third-order valence-electron chi connectivity index (χ3n) is 4.32. The van der Waals surface area contributed by atoms with Crippen LogP contribution in [0, 0.1) is 0 Å². The Balaban J connectivity index is 1.66. The van der Waals surface area contributed by atoms with Crippen LogP contribution < -0.4 is 5.32 Å². The normalized spacial score (nSPS) is 23.9. The Morgan fingerprint density at radius 3 is 2.70 bits per heavy atom. The van der Waals surface area contributed by atoms with Crippen LogP contribution in [-0.4, -0.2) is 59.7 Å². The number of hydrogen-bond acceptors (Lipinski definition) is 3. The van der Waals surface area contributed by atoms with Crippen molar-refractivity contribution in [3.05, 3.63) is 29.8 Å². The van der Waals surface area contributed by atoms with Gasteiger partial charge in [-0.2, -0.15) is 8.78 Å². The SMILES string of the molecule is CN1C(=O)N[C@@H]2CN(C(=O)c3ccc(SC(F)F)cc3)CC[C@@H]21. The Labute approximate surface area is 137 Å². The zero-order valence-electron chi connectivity index (χ0n) is 12.5. The number of halogens is 2. The number of piperidine rings is 1. The van der Waals surface area contributed by atoms with Gasteiger partial charge in [-0.15, -0.1) is 0 Å². The third kappa shape index (κ3) is 3.26. The van der Waals surface area contributed by atoms with Crippen LogP contribution in [0.1, 0.15) is 16.8 Å². The van der Waals surface area contributed by atoms with Crippen LogP contribution in [-0.2, 0) is 0 Å². The number of nitrogens with one attached hydrogen (secondary N) is 1. The van der Waals surface area contributed by atoms with Gasteiger partial charge in [0.2, 0.25) is 0 Å². The van der Waals surface area contributed by atoms with Crippen molar-refractivity contribution in [1.29, 1.82) is 0 Å². The van der Waals surface area contributed by atoms with E-state index in [-0.39, 0.29) is 24.0 Å². The number of urea groups is 1. The zero-order valence-corrected chi connectivity index (χ0v) is 13.4. The number of likely N-dealkylation sites (tertiary alicyclic amines) is 1. The molecule has 2 fully saturated rings. The average molecular weight is 341 g/mol. The van der Waals surface area contributed by atoms with Crippen LogP contribution in [0.5, 0.6) is 0 Å². The fourth-order valence-corrected chi connectivity index (χ4v) is 3.60. The molecule has 0 aliphatic carbocycles. The van der Waals surface area contributed by atoms with Crippen molar-refractivity contribution in [2.75, 3.05) is 20.1 Å². The summed E-state index contributed by atoms with van der Waals surface area (Å²) >= 11 is 0.456. The molecule has 1 aromatic rings. The van der Waals surface area contributed by atoms with Crippen molar-refractivity contribution < 1.29 is 18.4 Å². The van der Waals surface area contributed by atoms with Gasteiger partial charge in [-0.1, -0.05) is 11.8 Å². The molecule has 2 heterocycles. The minimum Gasteiger partial charge on any atom is -0.336 e. The van der Waals surface area contributed by atoms with Gasteiger partial charge >= 0.3 is 6.03 Å². The van der Waals surface area contributed by atoms with Gasteiger partial charge in [0.05, 0.1) is 12.1 Å². The lowest BCUT2D eigenvalue weighted by molar-refractivity contribution is 0.0666. The lowest BCUT2D eigenvalue weighted by atomic mass is 9.99. The molecule has 2 atom stereocenters. The summed E-state index contributed by atoms with van der Waals surface area (Å²) in [6.45, 7) is 1.04. The highest BCUT2D eigenvalue weighted by molar-refractivity contribution is 7.99. The quantitative estimate of drug-likeness (QED) is 0.858. The molecule has 0 bridgehead atoms. The Bertz CT molecular complexity index is 611. The van der Waals surface area contributed by atoms with E-state index in [0.717, 1.165) is 6.42 Å². The molecule has 0 spiro atoms. The van der Waals surface area contributed by atoms with Crippen LogP contribution in [0.25, 0.3) is 0 Å². The third-order valence-corrected chi connectivity index (χ3v) is 5.04. The molecule has 0 saturated carbocycles. The second-order valence-electron chi connectivity index (χ2n) is 5.68. The predicted octanol–water partition coefficient (Wildman–Crippen LogP) is 2.24. The topological polar surface area (TPSA) is 52.7 Å². The molecule has 3 rings (SSSR count). The molecule has 0 radical (unpaired) electrons. The number of benzene rings is 1. The fraction of sp³-hybridized carbons (Fsp3) is 0.467. The Morgan fingerprint density at radius 1 is 1.35 bits per heavy atom. The van der Waals surface area contributed by atoms with Crippen molar-refractivity contribution in [3.63, 3.8) is 0 Å². The lowest BCUT2D eigenvalue weighted by Crippen LogP contribution is -2.52. The van der Waals surface area contributed by atoms with E-state index in [4.69, 9.17) is 0 Å². The van der Waals surface area contributed by atoms with Crippen molar-refractivity contribution in [2.45, 2.75) is 29.2 Å². The summed E-state index contributed by atoms with van der Waals surface area (Å²) in [5.41, 5.74) is 0.472. The molecular formula is C15H17F2N3O2S. The highest BCUT2D eigenvalue weighted by Gasteiger charge is 2.41. The van der Waals surface area contributed by atoms with Crippen molar-refractivity contribution in [1.82, 2.24) is 15.1 Å². The number of hydrogen-bond donors (Lipinski definition) is 1. The molecule has 124 valence electrons. The number of carbonyl (C=O) groups excluding carboxylic acids is 2. The highest BCUT2D eigenvalue weighted by Crippen LogP contribution is 2.26. The number of nitrogens with zero attached hydrogens (tertiary/aromatic N) is 2. The molecular weight excluding hydrogens is 324 g/mol. The van der Waals surface area contributed by atoms with Gasteiger partial charge in [0.25, 0.3) is 11.7 Å². The maximum absolute atomic E-state index is 12.5. The lowest BCUT2D eigenvalue weighted by Gasteiger charge is -2.35. The average Bonchev–Trinajstić information content (AvgIpc) is 2.81. The van der Waals surface area contributed by atoms with E-state index in [1.54, 1.807) is 29.0 Å². The van der Waals surface area contributed by atoms with Gasteiger partial charge in [0.1, 0.15) is 0 Å². The first-order valence-corrected chi connectivity index (χ1v) is 8.21. The van der Waals surface area contributed by atoms with Crippen molar-refractivity contribution in [3.8, 4) is 0 Å². The zero-order chi connectivity index (χ0) is 16.6. The maximum atomic E-state index is 12.5. The number of carbonyl (C=O) groups is 2. The van der Waals surface area contributed by atoms with Crippen LogP contribution in [0.15, 0.2) is 29.2 Å². The summed E-state index contributed by atoms with van der Waals surface area (Å²) in [5, 5.41) is 2.88. The molecule has 3 amide bonds. The maximum Gasteiger partial charge on any atom is 0.317 e. The Kier molecular flexibility index (Phi) is 4.43. The molecule has 23 heavy (non-hydrogen) atoms. The number of fused-ring (bicyclic) bond motifs is 1. The summed E-state index contributed by atoms with van der Waals surface area (Å²) < 4.78 is 24.6. The van der Waals surface area contributed by atoms with Gasteiger partial charge in [-0.05, 0) is 30.7 Å². The minimum absolute atomic E-state index is 0.0566. The van der Waals surface area contributed by atoms with Gasteiger partial charge in [-0.25, -0.2) is 4.79 Å². The van der Waals surface area contributed by atoms with E-state index >= 15 is 0 Å². The van der Waals surface area contributed by atoms with Crippen LogP contribution in [0.3, 0.4) is 0 Å². The number of alkyl halides is 2. The second kappa shape index (κ2) is 6.35. The summed E-state index contributed by atoms with van der Waals surface area (Å²) in [6, 6.07) is 6.15. The largest absolute Gasteiger partial charge is 0.336 e.